The number of ether oxygens (including phenoxy) is 2. The van der Waals surface area contributed by atoms with Gasteiger partial charge < -0.3 is 14.8 Å². The maximum absolute atomic E-state index is 11.1. The smallest absolute Gasteiger partial charge is 0.333 e. The molecule has 0 heterocycles. The summed E-state index contributed by atoms with van der Waals surface area (Å²) in [7, 11) is 2.93. The van der Waals surface area contributed by atoms with Gasteiger partial charge in [-0.15, -0.1) is 0 Å². The first-order valence-electron chi connectivity index (χ1n) is 4.31. The minimum Gasteiger partial charge on any atom is -0.495 e. The number of methoxy groups -OCH3 is 2. The minimum atomic E-state index is -0.567. The largest absolute Gasteiger partial charge is 0.495 e. The Morgan fingerprint density at radius 2 is 1.94 bits per heavy atom. The van der Waals surface area contributed by atoms with E-state index in [1.165, 1.54) is 26.4 Å². The first-order chi connectivity index (χ1) is 7.62. The summed E-state index contributed by atoms with van der Waals surface area (Å²) in [4.78, 5) is 11.1. The van der Waals surface area contributed by atoms with E-state index in [0.717, 1.165) is 0 Å². The van der Waals surface area contributed by atoms with Crippen LogP contribution in [0.5, 0.6) is 11.5 Å². The van der Waals surface area contributed by atoms with Crippen LogP contribution in [0.3, 0.4) is 0 Å². The van der Waals surface area contributed by atoms with E-state index >= 15 is 0 Å². The Hall–Kier alpha value is -1.66. The van der Waals surface area contributed by atoms with Crippen LogP contribution in [0.2, 0.25) is 5.02 Å². The number of hydrogen-bond donors (Lipinski definition) is 3. The van der Waals surface area contributed by atoms with E-state index in [-0.39, 0.29) is 0 Å². The van der Waals surface area contributed by atoms with Crippen molar-refractivity contribution in [3.8, 4) is 11.5 Å². The van der Waals surface area contributed by atoms with Crippen LogP contribution in [0.15, 0.2) is 12.1 Å². The molecule has 2 amide bonds. The normalized spacial score (nSPS) is 9.50. The van der Waals surface area contributed by atoms with Gasteiger partial charge in [-0.05, 0) is 0 Å². The third-order valence-corrected chi connectivity index (χ3v) is 2.15. The fraction of sp³-hybridized carbons (Fsp3) is 0.222. The molecule has 0 unspecified atom stereocenters. The first-order valence-corrected chi connectivity index (χ1v) is 4.69. The summed E-state index contributed by atoms with van der Waals surface area (Å²) < 4.78 is 10.1. The molecule has 0 aromatic heterocycles. The first kappa shape index (κ1) is 12.4. The Balaban J connectivity index is 3.09. The molecule has 1 aromatic carbocycles. The van der Waals surface area contributed by atoms with Gasteiger partial charge in [-0.2, -0.15) is 0 Å². The summed E-state index contributed by atoms with van der Waals surface area (Å²) in [6.45, 7) is 0. The second-order valence-electron chi connectivity index (χ2n) is 2.79. The zero-order valence-electron chi connectivity index (χ0n) is 8.83. The summed E-state index contributed by atoms with van der Waals surface area (Å²) in [5.41, 5.74) is 2.35. The van der Waals surface area contributed by atoms with Crippen molar-refractivity contribution in [2.75, 3.05) is 19.5 Å². The molecular weight excluding hydrogens is 234 g/mol. The van der Waals surface area contributed by atoms with Gasteiger partial charge >= 0.3 is 6.03 Å². The predicted octanol–water partition coefficient (Wildman–Crippen LogP) is 1.35. The number of hydrazine groups is 1. The van der Waals surface area contributed by atoms with Gasteiger partial charge in [0, 0.05) is 12.1 Å². The second kappa shape index (κ2) is 5.43. The number of carbonyl (C=O) groups excluding carboxylic acids is 1. The lowest BCUT2D eigenvalue weighted by molar-refractivity contribution is 0.252. The van der Waals surface area contributed by atoms with Crippen molar-refractivity contribution in [1.29, 1.82) is 0 Å². The van der Waals surface area contributed by atoms with Crippen molar-refractivity contribution < 1.29 is 14.3 Å². The lowest BCUT2D eigenvalue weighted by Crippen LogP contribution is -2.34. The van der Waals surface area contributed by atoms with Crippen molar-refractivity contribution in [2.24, 2.45) is 5.84 Å². The highest BCUT2D eigenvalue weighted by Gasteiger charge is 2.11. The molecule has 0 aliphatic carbocycles. The monoisotopic (exact) mass is 245 g/mol. The number of halogens is 1. The SMILES string of the molecule is COc1cc(NC(=O)NN)c(OC)cc1Cl. The molecule has 0 saturated carbocycles. The maximum atomic E-state index is 11.1. The number of nitrogens with one attached hydrogen (secondary N) is 2. The molecule has 0 fully saturated rings. The van der Waals surface area contributed by atoms with Crippen molar-refractivity contribution in [3.63, 3.8) is 0 Å². The van der Waals surface area contributed by atoms with Crippen LogP contribution in [-0.2, 0) is 0 Å². The molecule has 16 heavy (non-hydrogen) atoms. The predicted molar refractivity (Wildman–Crippen MR) is 60.9 cm³/mol. The summed E-state index contributed by atoms with van der Waals surface area (Å²) in [6.07, 6.45) is 0. The zero-order chi connectivity index (χ0) is 12.1. The Morgan fingerprint density at radius 1 is 1.31 bits per heavy atom. The molecule has 6 nitrogen and oxygen atoms in total. The number of carbonyl (C=O) groups is 1. The third-order valence-electron chi connectivity index (χ3n) is 1.85. The molecule has 0 saturated heterocycles. The van der Waals surface area contributed by atoms with E-state index in [2.05, 4.69) is 5.32 Å². The Labute approximate surface area is 97.6 Å². The van der Waals surface area contributed by atoms with Crippen LogP contribution in [-0.4, -0.2) is 20.3 Å². The van der Waals surface area contributed by atoms with E-state index in [0.29, 0.717) is 22.2 Å². The number of nitrogens with two attached hydrogens (primary N) is 1. The molecule has 88 valence electrons. The van der Waals surface area contributed by atoms with Crippen LogP contribution in [0.25, 0.3) is 0 Å². The van der Waals surface area contributed by atoms with E-state index in [4.69, 9.17) is 26.9 Å². The van der Waals surface area contributed by atoms with Gasteiger partial charge in [0.1, 0.15) is 11.5 Å². The molecule has 0 spiro atoms. The fourth-order valence-corrected chi connectivity index (χ4v) is 1.35. The van der Waals surface area contributed by atoms with Gasteiger partial charge in [0.25, 0.3) is 0 Å². The van der Waals surface area contributed by atoms with E-state index in [1.54, 1.807) is 0 Å². The van der Waals surface area contributed by atoms with Crippen LogP contribution >= 0.6 is 11.6 Å². The van der Waals surface area contributed by atoms with Gasteiger partial charge in [0.2, 0.25) is 0 Å². The standard InChI is InChI=1S/C9H12ClN3O3/c1-15-7-4-6(12-9(14)13-11)8(16-2)3-5(7)10/h3-4H,11H2,1-2H3,(H2,12,13,14). The minimum absolute atomic E-state index is 0.387. The number of benzene rings is 1. The summed E-state index contributed by atoms with van der Waals surface area (Å²) in [6, 6.07) is 2.51. The zero-order valence-corrected chi connectivity index (χ0v) is 9.59. The number of anilines is 1. The number of rotatable bonds is 3. The molecule has 0 radical (unpaired) electrons. The fourth-order valence-electron chi connectivity index (χ4n) is 1.12. The van der Waals surface area contributed by atoms with Crippen LogP contribution in [0.1, 0.15) is 0 Å². The molecule has 0 aliphatic heterocycles. The highest BCUT2D eigenvalue weighted by atomic mass is 35.5. The summed E-state index contributed by atoms with van der Waals surface area (Å²) in [5.74, 6) is 5.79. The maximum Gasteiger partial charge on any atom is 0.333 e. The highest BCUT2D eigenvalue weighted by molar-refractivity contribution is 6.32. The van der Waals surface area contributed by atoms with E-state index < -0.39 is 6.03 Å². The van der Waals surface area contributed by atoms with E-state index in [9.17, 15) is 4.79 Å². The molecule has 0 aliphatic rings. The number of urea groups is 1. The van der Waals surface area contributed by atoms with Crippen LogP contribution in [0, 0.1) is 0 Å². The Bertz CT molecular complexity index is 398. The summed E-state index contributed by atoms with van der Waals surface area (Å²) in [5, 5.41) is 2.86. The molecule has 0 atom stereocenters. The van der Waals surface area contributed by atoms with Gasteiger partial charge in [0.05, 0.1) is 24.9 Å². The van der Waals surface area contributed by atoms with Crippen molar-refractivity contribution in [3.05, 3.63) is 17.2 Å². The topological polar surface area (TPSA) is 85.6 Å². The van der Waals surface area contributed by atoms with E-state index in [1.807, 2.05) is 5.43 Å². The quantitative estimate of drug-likeness (QED) is 0.426. The van der Waals surface area contributed by atoms with Gasteiger partial charge in [0.15, 0.2) is 0 Å². The molecule has 1 aromatic rings. The lowest BCUT2D eigenvalue weighted by atomic mass is 10.2. The van der Waals surface area contributed by atoms with Gasteiger partial charge in [-0.1, -0.05) is 11.6 Å². The molecular formula is C9H12ClN3O3. The molecule has 1 rings (SSSR count). The van der Waals surface area contributed by atoms with Crippen LogP contribution in [0.4, 0.5) is 10.5 Å². The van der Waals surface area contributed by atoms with Crippen molar-refractivity contribution >= 4 is 23.3 Å². The average molecular weight is 246 g/mol. The lowest BCUT2D eigenvalue weighted by Gasteiger charge is -2.12. The second-order valence-corrected chi connectivity index (χ2v) is 3.19. The van der Waals surface area contributed by atoms with Gasteiger partial charge in [-0.3, -0.25) is 5.43 Å². The Morgan fingerprint density at radius 3 is 2.44 bits per heavy atom. The number of hydrogen-bond acceptors (Lipinski definition) is 4. The summed E-state index contributed by atoms with van der Waals surface area (Å²) >= 11 is 5.89. The Kier molecular flexibility index (Phi) is 4.21. The van der Waals surface area contributed by atoms with Crippen molar-refractivity contribution in [1.82, 2.24) is 5.43 Å². The molecule has 7 heteroatoms. The molecule has 4 N–H and O–H groups in total. The van der Waals surface area contributed by atoms with Crippen molar-refractivity contribution in [2.45, 2.75) is 0 Å². The third kappa shape index (κ3) is 2.68. The highest BCUT2D eigenvalue weighted by Crippen LogP contribution is 2.35. The van der Waals surface area contributed by atoms with Gasteiger partial charge in [-0.25, -0.2) is 10.6 Å². The average Bonchev–Trinajstić information content (AvgIpc) is 2.30. The van der Waals surface area contributed by atoms with Crippen LogP contribution < -0.4 is 26.1 Å². The molecule has 0 bridgehead atoms. The number of amides is 2.